The van der Waals surface area contributed by atoms with Crippen molar-refractivity contribution in [3.05, 3.63) is 59.8 Å². The van der Waals surface area contributed by atoms with Gasteiger partial charge in [-0.2, -0.15) is 0 Å². The van der Waals surface area contributed by atoms with Crippen LogP contribution in [0.15, 0.2) is 42.7 Å². The Morgan fingerprint density at radius 3 is 2.86 bits per heavy atom. The average molecular weight is 381 g/mol. The molecule has 0 saturated carbocycles. The van der Waals surface area contributed by atoms with Gasteiger partial charge in [-0.1, -0.05) is 0 Å². The molecule has 0 aliphatic carbocycles. The summed E-state index contributed by atoms with van der Waals surface area (Å²) in [5, 5.41) is 2.88. The van der Waals surface area contributed by atoms with E-state index < -0.39 is 0 Å². The van der Waals surface area contributed by atoms with Gasteiger partial charge in [0.15, 0.2) is 11.5 Å². The van der Waals surface area contributed by atoms with Gasteiger partial charge in [0.2, 0.25) is 18.4 Å². The number of ether oxygens (including phenoxy) is 3. The van der Waals surface area contributed by atoms with Crippen LogP contribution in [0.5, 0.6) is 17.2 Å². The van der Waals surface area contributed by atoms with Gasteiger partial charge < -0.3 is 19.5 Å². The Hall–Kier alpha value is -3.55. The number of nitrogens with one attached hydrogen (secondary N) is 1. The van der Waals surface area contributed by atoms with Gasteiger partial charge in [0, 0.05) is 18.0 Å². The number of anilines is 1. The Balaban J connectivity index is 1.61. The second-order valence-corrected chi connectivity index (χ2v) is 6.59. The number of fused-ring (bicyclic) bond motifs is 2. The third-order valence-corrected chi connectivity index (χ3v) is 4.96. The minimum atomic E-state index is -0.327. The van der Waals surface area contributed by atoms with Crippen LogP contribution in [0.3, 0.4) is 0 Å². The summed E-state index contributed by atoms with van der Waals surface area (Å²) < 4.78 is 31.4. The molecular weight excluding hydrogens is 365 g/mol. The Bertz CT molecular complexity index is 1080. The number of hydrogen-bond acceptors (Lipinski definition) is 5. The lowest BCUT2D eigenvalue weighted by Gasteiger charge is -2.24. The van der Waals surface area contributed by atoms with E-state index in [9.17, 15) is 9.18 Å². The molecule has 5 rings (SSSR count). The summed E-state index contributed by atoms with van der Waals surface area (Å²) in [6.07, 6.45) is 1.87. The number of benzene rings is 2. The fourth-order valence-corrected chi connectivity index (χ4v) is 3.63. The molecule has 142 valence electrons. The number of methoxy groups -OCH3 is 1. The lowest BCUT2D eigenvalue weighted by atomic mass is 9.89. The van der Waals surface area contributed by atoms with Crippen molar-refractivity contribution >= 4 is 11.7 Å². The second kappa shape index (κ2) is 6.26. The second-order valence-electron chi connectivity index (χ2n) is 6.59. The largest absolute Gasteiger partial charge is 0.493 e. The summed E-state index contributed by atoms with van der Waals surface area (Å²) in [5.41, 5.74) is 2.28. The van der Waals surface area contributed by atoms with E-state index in [0.717, 1.165) is 11.3 Å². The number of hydrogen-bond donors (Lipinski definition) is 1. The van der Waals surface area contributed by atoms with Crippen LogP contribution in [0.25, 0.3) is 5.69 Å². The number of carbonyl (C=O) groups is 1. The Morgan fingerprint density at radius 2 is 2.07 bits per heavy atom. The van der Waals surface area contributed by atoms with E-state index in [-0.39, 0.29) is 30.9 Å². The van der Waals surface area contributed by atoms with E-state index in [2.05, 4.69) is 10.3 Å². The summed E-state index contributed by atoms with van der Waals surface area (Å²) in [6, 6.07) is 9.71. The van der Waals surface area contributed by atoms with Crippen molar-refractivity contribution in [1.29, 1.82) is 0 Å². The molecule has 1 N–H and O–H groups in total. The van der Waals surface area contributed by atoms with Gasteiger partial charge in [0.05, 0.1) is 12.8 Å². The fraction of sp³-hybridized carbons (Fsp3) is 0.200. The first-order valence-corrected chi connectivity index (χ1v) is 8.74. The average Bonchev–Trinajstić information content (AvgIpc) is 3.34. The lowest BCUT2D eigenvalue weighted by molar-refractivity contribution is -0.116. The van der Waals surface area contributed by atoms with Crippen molar-refractivity contribution in [1.82, 2.24) is 9.55 Å². The van der Waals surface area contributed by atoms with Gasteiger partial charge in [0.25, 0.3) is 0 Å². The van der Waals surface area contributed by atoms with Crippen molar-refractivity contribution < 1.29 is 23.4 Å². The van der Waals surface area contributed by atoms with Crippen LogP contribution in [-0.4, -0.2) is 29.4 Å². The van der Waals surface area contributed by atoms with Crippen LogP contribution in [0.2, 0.25) is 0 Å². The Morgan fingerprint density at radius 1 is 1.25 bits per heavy atom. The molecule has 7 nitrogen and oxygen atoms in total. The van der Waals surface area contributed by atoms with Crippen LogP contribution in [0.4, 0.5) is 10.2 Å². The van der Waals surface area contributed by atoms with Crippen molar-refractivity contribution in [3.8, 4) is 22.9 Å². The SMILES string of the molecule is COc1cc([C@H]2CC(=O)Nc3c2ncn3-c2ccc(F)cc2)cc2c1OCO2. The molecule has 8 heteroatoms. The van der Waals surface area contributed by atoms with Gasteiger partial charge in [0.1, 0.15) is 18.0 Å². The standard InChI is InChI=1S/C20H16FN3O4/c1-26-15-6-11(7-16-19(15)28-10-27-16)14-8-17(25)23-20-18(14)22-9-24(20)13-4-2-12(21)3-5-13/h2-7,9,14H,8,10H2,1H3,(H,23,25)/t14-/m1/s1. The fourth-order valence-electron chi connectivity index (χ4n) is 3.63. The van der Waals surface area contributed by atoms with Crippen molar-refractivity contribution in [2.45, 2.75) is 12.3 Å². The normalized spacial score (nSPS) is 17.2. The molecule has 1 atom stereocenters. The highest BCUT2D eigenvalue weighted by Crippen LogP contribution is 2.46. The maximum Gasteiger partial charge on any atom is 0.231 e. The number of carbonyl (C=O) groups excluding carboxylic acids is 1. The minimum Gasteiger partial charge on any atom is -0.493 e. The van der Waals surface area contributed by atoms with E-state index in [1.54, 1.807) is 30.1 Å². The Kier molecular flexibility index (Phi) is 3.71. The molecule has 2 aliphatic rings. The zero-order chi connectivity index (χ0) is 19.3. The summed E-state index contributed by atoms with van der Waals surface area (Å²) in [7, 11) is 1.56. The zero-order valence-corrected chi connectivity index (χ0v) is 14.9. The molecule has 0 bridgehead atoms. The topological polar surface area (TPSA) is 74.6 Å². The lowest BCUT2D eigenvalue weighted by Crippen LogP contribution is -2.25. The Labute approximate surface area is 159 Å². The maximum absolute atomic E-state index is 13.3. The quantitative estimate of drug-likeness (QED) is 0.754. The molecule has 28 heavy (non-hydrogen) atoms. The third-order valence-electron chi connectivity index (χ3n) is 4.96. The molecule has 0 unspecified atom stereocenters. The van der Waals surface area contributed by atoms with Gasteiger partial charge in [-0.25, -0.2) is 9.37 Å². The van der Waals surface area contributed by atoms with Crippen LogP contribution in [0, 0.1) is 5.82 Å². The number of aromatic nitrogens is 2. The molecule has 0 spiro atoms. The zero-order valence-electron chi connectivity index (χ0n) is 14.9. The van der Waals surface area contributed by atoms with Crippen molar-refractivity contribution in [2.24, 2.45) is 0 Å². The molecule has 0 saturated heterocycles. The van der Waals surface area contributed by atoms with Crippen molar-refractivity contribution in [2.75, 3.05) is 19.2 Å². The molecular formula is C20H16FN3O4. The molecule has 0 fully saturated rings. The summed E-state index contributed by atoms with van der Waals surface area (Å²) in [6.45, 7) is 0.130. The molecule has 3 aromatic rings. The van der Waals surface area contributed by atoms with Crippen LogP contribution < -0.4 is 19.5 Å². The highest BCUT2D eigenvalue weighted by atomic mass is 19.1. The van der Waals surface area contributed by atoms with Crippen LogP contribution in [-0.2, 0) is 4.79 Å². The predicted molar refractivity (Wildman–Crippen MR) is 97.7 cm³/mol. The van der Waals surface area contributed by atoms with Crippen LogP contribution >= 0.6 is 0 Å². The molecule has 0 radical (unpaired) electrons. The van der Waals surface area contributed by atoms with E-state index >= 15 is 0 Å². The van der Waals surface area contributed by atoms with Gasteiger partial charge in [-0.05, 0) is 42.0 Å². The highest BCUT2D eigenvalue weighted by molar-refractivity contribution is 5.94. The maximum atomic E-state index is 13.3. The number of amides is 1. The van der Waals surface area contributed by atoms with E-state index in [0.29, 0.717) is 28.8 Å². The number of nitrogens with zero attached hydrogens (tertiary/aromatic N) is 2. The number of rotatable bonds is 3. The highest BCUT2D eigenvalue weighted by Gasteiger charge is 2.33. The molecule has 3 heterocycles. The molecule has 1 amide bonds. The summed E-state index contributed by atoms with van der Waals surface area (Å²) in [4.78, 5) is 17.0. The smallest absolute Gasteiger partial charge is 0.231 e. The predicted octanol–water partition coefficient (Wildman–Crippen LogP) is 3.22. The summed E-state index contributed by atoms with van der Waals surface area (Å²) >= 11 is 0. The van der Waals surface area contributed by atoms with Crippen molar-refractivity contribution in [3.63, 3.8) is 0 Å². The van der Waals surface area contributed by atoms with Gasteiger partial charge >= 0.3 is 0 Å². The van der Waals surface area contributed by atoms with E-state index in [4.69, 9.17) is 14.2 Å². The first-order chi connectivity index (χ1) is 13.6. The molecule has 2 aromatic carbocycles. The molecule has 1 aromatic heterocycles. The van der Waals surface area contributed by atoms with Crippen LogP contribution in [0.1, 0.15) is 23.6 Å². The van der Waals surface area contributed by atoms with E-state index in [1.807, 2.05) is 12.1 Å². The monoisotopic (exact) mass is 381 g/mol. The molecule has 2 aliphatic heterocycles. The summed E-state index contributed by atoms with van der Waals surface area (Å²) in [5.74, 6) is 1.54. The third kappa shape index (κ3) is 2.57. The van der Waals surface area contributed by atoms with Gasteiger partial charge in [-0.3, -0.25) is 9.36 Å². The van der Waals surface area contributed by atoms with Gasteiger partial charge in [-0.15, -0.1) is 0 Å². The van der Waals surface area contributed by atoms with E-state index in [1.165, 1.54) is 12.1 Å². The first kappa shape index (κ1) is 16.6. The minimum absolute atomic E-state index is 0.127. The number of halogens is 1. The number of imidazole rings is 1. The first-order valence-electron chi connectivity index (χ1n) is 8.74.